The van der Waals surface area contributed by atoms with Crippen molar-refractivity contribution in [3.8, 4) is 11.5 Å². The first-order valence-corrected chi connectivity index (χ1v) is 13.5. The van der Waals surface area contributed by atoms with Gasteiger partial charge in [-0.25, -0.2) is 12.1 Å². The molecule has 0 saturated carbocycles. The Morgan fingerprint density at radius 1 is 0.610 bits per heavy atom. The number of hydrogen-bond acceptors (Lipinski definition) is 6. The maximum absolute atomic E-state index is 10.0. The van der Waals surface area contributed by atoms with E-state index in [1.807, 2.05) is 0 Å². The summed E-state index contributed by atoms with van der Waals surface area (Å²) in [5.41, 5.74) is 9.33. The molecule has 41 heavy (non-hydrogen) atoms. The van der Waals surface area contributed by atoms with Gasteiger partial charge in [0.05, 0.1) is 9.85 Å². The molecule has 0 unspecified atom stereocenters. The summed E-state index contributed by atoms with van der Waals surface area (Å²) in [6.07, 6.45) is 10.9. The van der Waals surface area contributed by atoms with Gasteiger partial charge in [-0.15, -0.1) is 0 Å². The summed E-state index contributed by atoms with van der Waals surface area (Å²) in [7, 11) is 0. The van der Waals surface area contributed by atoms with Crippen LogP contribution in [-0.2, 0) is 51.9 Å². The van der Waals surface area contributed by atoms with Crippen LogP contribution in [0, 0.1) is 34.1 Å². The second-order valence-electron chi connectivity index (χ2n) is 10.1. The van der Waals surface area contributed by atoms with Gasteiger partial charge in [-0.05, 0) is 24.3 Å². The Morgan fingerprint density at radius 3 is 1.22 bits per heavy atom. The standard InChI is InChI=1S/2C10H13.2C6H5NO3.Zr/c2*1-8-6-9-4-2-3-5-10(9)7-8;2*8-6-3-1-5(2-4-6)7(9)10;/h2*6-7H,2-5H2,1H3;2*1-4,8H;/q2*-1;;;+2. The molecule has 2 aliphatic rings. The number of phenolic OH excluding ortho intramolecular Hbond substituents is 2. The number of nitrogens with zero attached hydrogens (tertiary/aromatic N) is 2. The SMILES string of the molecule is Cc1cc2c([cH-]1)CCCC2.Cc1cc2c([cH-]1)CCCC2.O=[N+]([O-])c1ccc(O)cc1.O=[N+]([O-])c1ccc(O)cc1.[Zr+2]. The smallest absolute Gasteiger partial charge is 0.508 e. The van der Waals surface area contributed by atoms with Crippen LogP contribution in [0.25, 0.3) is 0 Å². The molecule has 0 aliphatic heterocycles. The van der Waals surface area contributed by atoms with Gasteiger partial charge in [0.1, 0.15) is 11.5 Å². The van der Waals surface area contributed by atoms with E-state index in [0.717, 1.165) is 0 Å². The molecule has 6 rings (SSSR count). The van der Waals surface area contributed by atoms with Gasteiger partial charge in [0.2, 0.25) is 0 Å². The summed E-state index contributed by atoms with van der Waals surface area (Å²) >= 11 is 0. The van der Waals surface area contributed by atoms with Gasteiger partial charge in [-0.2, -0.15) is 45.5 Å². The van der Waals surface area contributed by atoms with Gasteiger partial charge in [0.25, 0.3) is 11.4 Å². The van der Waals surface area contributed by atoms with Gasteiger partial charge in [0.15, 0.2) is 0 Å². The van der Waals surface area contributed by atoms with E-state index in [1.54, 1.807) is 22.3 Å². The third-order valence-electron chi connectivity index (χ3n) is 6.84. The topological polar surface area (TPSA) is 127 Å². The summed E-state index contributed by atoms with van der Waals surface area (Å²) < 4.78 is 0. The fourth-order valence-electron chi connectivity index (χ4n) is 4.89. The number of nitro groups is 2. The van der Waals surface area contributed by atoms with Crippen LogP contribution in [0.2, 0.25) is 0 Å². The van der Waals surface area contributed by atoms with Crippen molar-refractivity contribution in [3.63, 3.8) is 0 Å². The molecule has 0 fully saturated rings. The number of nitro benzene ring substituents is 2. The van der Waals surface area contributed by atoms with Gasteiger partial charge in [0, 0.05) is 24.3 Å². The summed E-state index contributed by atoms with van der Waals surface area (Å²) in [5.74, 6) is 0.0659. The Bertz CT molecular complexity index is 1240. The minimum absolute atomic E-state index is 0. The molecule has 0 aromatic heterocycles. The number of aromatic hydroxyl groups is 2. The fraction of sp³-hybridized carbons (Fsp3) is 0.312. The molecule has 0 saturated heterocycles. The van der Waals surface area contributed by atoms with Gasteiger partial charge < -0.3 is 10.2 Å². The Hall–Kier alpha value is -3.58. The van der Waals surface area contributed by atoms with Crippen LogP contribution in [0.15, 0.2) is 72.8 Å². The van der Waals surface area contributed by atoms with Crippen molar-refractivity contribution in [2.45, 2.75) is 65.2 Å². The zero-order chi connectivity index (χ0) is 29.1. The molecule has 9 heteroatoms. The van der Waals surface area contributed by atoms with E-state index in [1.165, 1.54) is 111 Å². The molecular weight excluding hydrogens is 600 g/mol. The zero-order valence-corrected chi connectivity index (χ0v) is 26.0. The maximum Gasteiger partial charge on any atom is 2.00 e. The molecular formula is C32H36N2O6Zr. The number of non-ortho nitro benzene ring substituents is 2. The van der Waals surface area contributed by atoms with E-state index in [2.05, 4.69) is 38.1 Å². The second-order valence-corrected chi connectivity index (χ2v) is 10.1. The molecule has 0 amide bonds. The number of hydrogen-bond donors (Lipinski definition) is 2. The Morgan fingerprint density at radius 2 is 0.927 bits per heavy atom. The monoisotopic (exact) mass is 634 g/mol. The number of phenols is 2. The molecule has 2 aliphatic carbocycles. The Balaban J connectivity index is 0.000000190. The first kappa shape index (κ1) is 33.6. The number of aryl methyl sites for hydroxylation is 6. The molecule has 2 N–H and O–H groups in total. The first-order valence-electron chi connectivity index (χ1n) is 13.5. The van der Waals surface area contributed by atoms with Crippen molar-refractivity contribution < 1.29 is 46.3 Å². The van der Waals surface area contributed by atoms with E-state index in [4.69, 9.17) is 10.2 Å². The fourth-order valence-corrected chi connectivity index (χ4v) is 4.89. The first-order chi connectivity index (χ1) is 19.1. The van der Waals surface area contributed by atoms with E-state index < -0.39 is 9.85 Å². The van der Waals surface area contributed by atoms with Crippen molar-refractivity contribution in [1.29, 1.82) is 0 Å². The predicted molar refractivity (Wildman–Crippen MR) is 156 cm³/mol. The summed E-state index contributed by atoms with van der Waals surface area (Å²) in [6.45, 7) is 4.39. The molecule has 8 nitrogen and oxygen atoms in total. The molecule has 0 atom stereocenters. The van der Waals surface area contributed by atoms with E-state index in [9.17, 15) is 20.2 Å². The van der Waals surface area contributed by atoms with Gasteiger partial charge in [-0.1, -0.05) is 65.2 Å². The maximum atomic E-state index is 10.0. The normalized spacial score (nSPS) is 12.7. The van der Waals surface area contributed by atoms with E-state index in [0.29, 0.717) is 0 Å². The van der Waals surface area contributed by atoms with Crippen molar-refractivity contribution in [3.05, 3.63) is 126 Å². The average molecular weight is 636 g/mol. The number of fused-ring (bicyclic) bond motifs is 2. The van der Waals surface area contributed by atoms with Gasteiger partial charge in [-0.3, -0.25) is 20.2 Å². The number of rotatable bonds is 2. The van der Waals surface area contributed by atoms with E-state index in [-0.39, 0.29) is 49.1 Å². The zero-order valence-electron chi connectivity index (χ0n) is 23.5. The Labute approximate surface area is 259 Å². The molecule has 0 radical (unpaired) electrons. The second kappa shape index (κ2) is 16.6. The van der Waals surface area contributed by atoms with Gasteiger partial charge >= 0.3 is 26.2 Å². The molecule has 0 spiro atoms. The average Bonchev–Trinajstić information content (AvgIpc) is 3.50. The summed E-state index contributed by atoms with van der Waals surface area (Å²) in [4.78, 5) is 19.0. The molecule has 214 valence electrons. The van der Waals surface area contributed by atoms with Crippen LogP contribution in [0.5, 0.6) is 11.5 Å². The molecule has 0 bridgehead atoms. The third kappa shape index (κ3) is 11.1. The number of benzene rings is 2. The Kier molecular flexibility index (Phi) is 13.6. The van der Waals surface area contributed by atoms with Crippen molar-refractivity contribution in [2.24, 2.45) is 0 Å². The van der Waals surface area contributed by atoms with Crippen LogP contribution >= 0.6 is 0 Å². The van der Waals surface area contributed by atoms with Crippen LogP contribution in [0.1, 0.15) is 59.1 Å². The molecule has 4 aromatic rings. The predicted octanol–water partition coefficient (Wildman–Crippen LogP) is 7.78. The summed E-state index contributed by atoms with van der Waals surface area (Å²) in [5, 5.41) is 37.5. The summed E-state index contributed by atoms with van der Waals surface area (Å²) in [6, 6.07) is 19.5. The van der Waals surface area contributed by atoms with Crippen LogP contribution < -0.4 is 0 Å². The van der Waals surface area contributed by atoms with Crippen molar-refractivity contribution >= 4 is 11.4 Å². The molecule has 0 heterocycles. The van der Waals surface area contributed by atoms with Crippen LogP contribution in [0.3, 0.4) is 0 Å². The molecule has 4 aromatic carbocycles. The van der Waals surface area contributed by atoms with Crippen molar-refractivity contribution in [1.82, 2.24) is 0 Å². The van der Waals surface area contributed by atoms with Crippen molar-refractivity contribution in [2.75, 3.05) is 0 Å². The van der Waals surface area contributed by atoms with Crippen LogP contribution in [0.4, 0.5) is 11.4 Å². The minimum Gasteiger partial charge on any atom is -0.508 e. The minimum atomic E-state index is -0.514. The third-order valence-corrected chi connectivity index (χ3v) is 6.84. The van der Waals surface area contributed by atoms with E-state index >= 15 is 0 Å². The largest absolute Gasteiger partial charge is 2.00 e. The quantitative estimate of drug-likeness (QED) is 0.132. The van der Waals surface area contributed by atoms with Crippen LogP contribution in [-0.4, -0.2) is 20.1 Å².